The average Bonchev–Trinajstić information content (AvgIpc) is 2.91. The fourth-order valence-corrected chi connectivity index (χ4v) is 4.24. The van der Waals surface area contributed by atoms with Gasteiger partial charge >= 0.3 is 5.69 Å². The number of aromatic nitrogens is 2. The largest absolute Gasteiger partial charge is 0.394 e. The van der Waals surface area contributed by atoms with Crippen LogP contribution in [-0.2, 0) is 15.5 Å². The highest BCUT2D eigenvalue weighted by Gasteiger charge is 2.48. The number of ether oxygens (including phenoxy) is 1. The van der Waals surface area contributed by atoms with Crippen LogP contribution in [0.2, 0.25) is 0 Å². The first-order valence-electron chi connectivity index (χ1n) is 7.24. The van der Waals surface area contributed by atoms with Crippen molar-refractivity contribution in [3.8, 4) is 0 Å². The van der Waals surface area contributed by atoms with Crippen molar-refractivity contribution in [3.63, 3.8) is 0 Å². The van der Waals surface area contributed by atoms with Gasteiger partial charge in [-0.15, -0.1) is 0 Å². The Morgan fingerprint density at radius 2 is 1.92 bits per heavy atom. The molecule has 0 aliphatic carbocycles. The van der Waals surface area contributed by atoms with Crippen molar-refractivity contribution in [1.29, 1.82) is 0 Å². The predicted molar refractivity (Wildman–Crippen MR) is 85.0 cm³/mol. The summed E-state index contributed by atoms with van der Waals surface area (Å²) < 4.78 is 19.5. The molecular formula is C15H16N2O6S. The topological polar surface area (TPSA) is 122 Å². The zero-order chi connectivity index (χ0) is 17.3. The molecule has 2 aromatic rings. The highest BCUT2D eigenvalue weighted by atomic mass is 32.2. The molecule has 1 aliphatic heterocycles. The molecule has 2 heterocycles. The summed E-state index contributed by atoms with van der Waals surface area (Å²) in [5, 5.41) is 18.8. The van der Waals surface area contributed by atoms with Gasteiger partial charge in [0.15, 0.2) is 6.23 Å². The van der Waals surface area contributed by atoms with Crippen molar-refractivity contribution < 1.29 is 19.2 Å². The minimum Gasteiger partial charge on any atom is -0.394 e. The van der Waals surface area contributed by atoms with Crippen LogP contribution in [0.4, 0.5) is 0 Å². The summed E-state index contributed by atoms with van der Waals surface area (Å²) in [4.78, 5) is 25.8. The van der Waals surface area contributed by atoms with E-state index in [2.05, 4.69) is 4.98 Å². The first kappa shape index (κ1) is 16.8. The number of rotatable bonds is 4. The Hall–Kier alpha value is -2.07. The number of hydrogen-bond acceptors (Lipinski definition) is 6. The van der Waals surface area contributed by atoms with E-state index < -0.39 is 52.3 Å². The molecule has 0 bridgehead atoms. The third kappa shape index (κ3) is 2.98. The zero-order valence-electron chi connectivity index (χ0n) is 12.4. The average molecular weight is 352 g/mol. The summed E-state index contributed by atoms with van der Waals surface area (Å²) in [7, 11) is -1.69. The van der Waals surface area contributed by atoms with Crippen LogP contribution in [0, 0.1) is 0 Å². The lowest BCUT2D eigenvalue weighted by Crippen LogP contribution is -2.40. The lowest BCUT2D eigenvalue weighted by molar-refractivity contribution is -0.0457. The van der Waals surface area contributed by atoms with E-state index >= 15 is 0 Å². The molecule has 0 spiro atoms. The molecule has 5 atom stereocenters. The van der Waals surface area contributed by atoms with E-state index in [1.807, 2.05) is 0 Å². The van der Waals surface area contributed by atoms with Crippen molar-refractivity contribution in [2.45, 2.75) is 28.6 Å². The van der Waals surface area contributed by atoms with Crippen LogP contribution >= 0.6 is 0 Å². The minimum absolute atomic E-state index is 0.464. The van der Waals surface area contributed by atoms with Crippen LogP contribution in [0.3, 0.4) is 0 Å². The summed E-state index contributed by atoms with van der Waals surface area (Å²) in [6.07, 6.45) is -2.08. The summed E-state index contributed by atoms with van der Waals surface area (Å²) in [6, 6.07) is 9.60. The zero-order valence-corrected chi connectivity index (χ0v) is 13.3. The van der Waals surface area contributed by atoms with Crippen molar-refractivity contribution >= 4 is 10.8 Å². The molecule has 0 unspecified atom stereocenters. The van der Waals surface area contributed by atoms with Gasteiger partial charge in [0.1, 0.15) is 17.5 Å². The Balaban J connectivity index is 2.04. The van der Waals surface area contributed by atoms with Crippen LogP contribution in [-0.4, -0.2) is 48.0 Å². The Kier molecular flexibility index (Phi) is 4.76. The normalized spacial score (nSPS) is 27.9. The molecule has 1 fully saturated rings. The van der Waals surface area contributed by atoms with E-state index in [1.165, 1.54) is 6.20 Å². The standard InChI is InChI=1S/C15H16N2O6S/c18-8-10-12(20)13(24(22)9-4-2-1-3-5-9)14(23-10)17-7-6-11(19)16-15(17)21/h1-7,10,12-14,18,20H,8H2,(H,16,19,21)/t10-,12-,13-,14-,24+/m1/s1. The van der Waals surface area contributed by atoms with Crippen LogP contribution in [0.25, 0.3) is 0 Å². The number of aliphatic hydroxyl groups is 2. The van der Waals surface area contributed by atoms with Crippen LogP contribution in [0.15, 0.2) is 57.1 Å². The molecule has 9 heteroatoms. The lowest BCUT2D eigenvalue weighted by Gasteiger charge is -2.21. The van der Waals surface area contributed by atoms with Crippen LogP contribution < -0.4 is 11.2 Å². The van der Waals surface area contributed by atoms with Gasteiger partial charge in [0, 0.05) is 17.2 Å². The highest BCUT2D eigenvalue weighted by Crippen LogP contribution is 2.34. The third-order valence-corrected chi connectivity index (χ3v) is 5.58. The monoisotopic (exact) mass is 352 g/mol. The molecule has 3 rings (SSSR count). The van der Waals surface area contributed by atoms with Gasteiger partial charge in [0.05, 0.1) is 17.4 Å². The highest BCUT2D eigenvalue weighted by molar-refractivity contribution is 7.85. The smallest absolute Gasteiger partial charge is 0.330 e. The quantitative estimate of drug-likeness (QED) is 0.646. The molecule has 1 saturated heterocycles. The molecule has 0 amide bonds. The third-order valence-electron chi connectivity index (χ3n) is 3.84. The predicted octanol–water partition coefficient (Wildman–Crippen LogP) is -1.04. The van der Waals surface area contributed by atoms with E-state index in [0.29, 0.717) is 4.90 Å². The molecule has 3 N–H and O–H groups in total. The fraction of sp³-hybridized carbons (Fsp3) is 0.333. The van der Waals surface area contributed by atoms with Gasteiger partial charge in [-0.25, -0.2) is 4.79 Å². The van der Waals surface area contributed by atoms with Gasteiger partial charge < -0.3 is 14.9 Å². The van der Waals surface area contributed by atoms with Gasteiger partial charge in [-0.3, -0.25) is 18.6 Å². The molecule has 128 valence electrons. The van der Waals surface area contributed by atoms with E-state index in [4.69, 9.17) is 4.74 Å². The van der Waals surface area contributed by atoms with Gasteiger partial charge in [-0.2, -0.15) is 0 Å². The molecule has 8 nitrogen and oxygen atoms in total. The lowest BCUT2D eigenvalue weighted by atomic mass is 10.2. The first-order valence-corrected chi connectivity index (χ1v) is 8.45. The summed E-state index contributed by atoms with van der Waals surface area (Å²) in [6.45, 7) is -0.488. The number of aliphatic hydroxyl groups excluding tert-OH is 2. The SMILES string of the molecule is O=c1ccn([C@@H]2O[C@H](CO)[C@@H](O)[C@H]2[S@@](=O)c2ccccc2)c(=O)[nH]1. The van der Waals surface area contributed by atoms with Gasteiger partial charge in [-0.05, 0) is 12.1 Å². The summed E-state index contributed by atoms with van der Waals surface area (Å²) >= 11 is 0. The summed E-state index contributed by atoms with van der Waals surface area (Å²) in [5.41, 5.74) is -1.32. The summed E-state index contributed by atoms with van der Waals surface area (Å²) in [5.74, 6) is 0. The second-order valence-electron chi connectivity index (χ2n) is 5.33. The maximum atomic E-state index is 12.9. The first-order chi connectivity index (χ1) is 11.5. The second kappa shape index (κ2) is 6.81. The van der Waals surface area contributed by atoms with Crippen molar-refractivity contribution in [3.05, 3.63) is 63.4 Å². The van der Waals surface area contributed by atoms with E-state index in [1.54, 1.807) is 30.3 Å². The maximum Gasteiger partial charge on any atom is 0.330 e. The number of nitrogens with one attached hydrogen (secondary N) is 1. The molecule has 0 radical (unpaired) electrons. The molecule has 24 heavy (non-hydrogen) atoms. The van der Waals surface area contributed by atoms with E-state index in [0.717, 1.165) is 10.6 Å². The fourth-order valence-electron chi connectivity index (χ4n) is 2.66. The Morgan fingerprint density at radius 3 is 2.54 bits per heavy atom. The molecule has 0 saturated carbocycles. The number of nitrogens with zero attached hydrogens (tertiary/aromatic N) is 1. The van der Waals surface area contributed by atoms with Gasteiger partial charge in [0.2, 0.25) is 0 Å². The van der Waals surface area contributed by atoms with Crippen LogP contribution in [0.1, 0.15) is 6.23 Å². The number of hydrogen-bond donors (Lipinski definition) is 3. The number of benzene rings is 1. The molecule has 1 aromatic heterocycles. The number of aromatic amines is 1. The van der Waals surface area contributed by atoms with E-state index in [-0.39, 0.29) is 0 Å². The second-order valence-corrected chi connectivity index (χ2v) is 6.94. The minimum atomic E-state index is -1.69. The molecule has 1 aromatic carbocycles. The van der Waals surface area contributed by atoms with Gasteiger partial charge in [0.25, 0.3) is 5.56 Å². The maximum absolute atomic E-state index is 12.9. The number of H-pyrrole nitrogens is 1. The Bertz CT molecular complexity index is 849. The van der Waals surface area contributed by atoms with E-state index in [9.17, 15) is 24.0 Å². The Morgan fingerprint density at radius 1 is 1.21 bits per heavy atom. The van der Waals surface area contributed by atoms with Crippen LogP contribution in [0.5, 0.6) is 0 Å². The van der Waals surface area contributed by atoms with Gasteiger partial charge in [-0.1, -0.05) is 18.2 Å². The molecular weight excluding hydrogens is 336 g/mol. The Labute approximate surface area is 138 Å². The van der Waals surface area contributed by atoms with Crippen molar-refractivity contribution in [2.75, 3.05) is 6.61 Å². The molecule has 1 aliphatic rings. The van der Waals surface area contributed by atoms with Crippen molar-refractivity contribution in [2.24, 2.45) is 0 Å². The van der Waals surface area contributed by atoms with Crippen molar-refractivity contribution in [1.82, 2.24) is 9.55 Å².